The van der Waals surface area contributed by atoms with E-state index in [1.165, 1.54) is 11.3 Å². The van der Waals surface area contributed by atoms with Gasteiger partial charge in [-0.2, -0.15) is 0 Å². The Morgan fingerprint density at radius 3 is 2.90 bits per heavy atom. The summed E-state index contributed by atoms with van der Waals surface area (Å²) in [5.74, 6) is 5.04. The van der Waals surface area contributed by atoms with Crippen molar-refractivity contribution in [1.29, 1.82) is 0 Å². The van der Waals surface area contributed by atoms with Crippen molar-refractivity contribution in [3.63, 3.8) is 0 Å². The van der Waals surface area contributed by atoms with Gasteiger partial charge in [0.05, 0.1) is 22.9 Å². The molecule has 0 bridgehead atoms. The highest BCUT2D eigenvalue weighted by molar-refractivity contribution is 7.10. The van der Waals surface area contributed by atoms with Gasteiger partial charge in [-0.1, -0.05) is 11.8 Å². The standard InChI is InChI=1S/C15H19N3O2S/c1-10-4-5-11(14(17)19)8-18(10)15(20)12-7-13(21-9-12)3-2-6-16/h7,9-11H,4-6,8,16H2,1H3,(H2,17,19). The van der Waals surface area contributed by atoms with Crippen LogP contribution in [-0.2, 0) is 4.79 Å². The summed E-state index contributed by atoms with van der Waals surface area (Å²) in [7, 11) is 0. The summed E-state index contributed by atoms with van der Waals surface area (Å²) in [4.78, 5) is 26.5. The highest BCUT2D eigenvalue weighted by Crippen LogP contribution is 2.25. The second-order valence-corrected chi connectivity index (χ2v) is 6.10. The van der Waals surface area contributed by atoms with Crippen molar-refractivity contribution >= 4 is 23.2 Å². The van der Waals surface area contributed by atoms with Crippen LogP contribution in [0.1, 0.15) is 35.0 Å². The predicted molar refractivity (Wildman–Crippen MR) is 82.7 cm³/mol. The summed E-state index contributed by atoms with van der Waals surface area (Å²) in [6.07, 6.45) is 1.54. The molecule has 1 fully saturated rings. The fourth-order valence-electron chi connectivity index (χ4n) is 2.44. The zero-order valence-corrected chi connectivity index (χ0v) is 12.8. The smallest absolute Gasteiger partial charge is 0.255 e. The normalized spacial score (nSPS) is 21.5. The fourth-order valence-corrected chi connectivity index (χ4v) is 3.19. The van der Waals surface area contributed by atoms with Gasteiger partial charge in [0.25, 0.3) is 5.91 Å². The van der Waals surface area contributed by atoms with Crippen LogP contribution in [0.3, 0.4) is 0 Å². The van der Waals surface area contributed by atoms with Crippen molar-refractivity contribution < 1.29 is 9.59 Å². The van der Waals surface area contributed by atoms with E-state index in [2.05, 4.69) is 11.8 Å². The van der Waals surface area contributed by atoms with Gasteiger partial charge in [0.2, 0.25) is 5.91 Å². The molecular weight excluding hydrogens is 286 g/mol. The summed E-state index contributed by atoms with van der Waals surface area (Å²) in [5.41, 5.74) is 11.3. The molecule has 1 aliphatic rings. The maximum absolute atomic E-state index is 12.6. The SMILES string of the molecule is CC1CCC(C(N)=O)CN1C(=O)c1csc(C#CCN)c1. The number of hydrogen-bond acceptors (Lipinski definition) is 4. The van der Waals surface area contributed by atoms with Crippen molar-refractivity contribution in [2.45, 2.75) is 25.8 Å². The molecule has 112 valence electrons. The largest absolute Gasteiger partial charge is 0.369 e. The van der Waals surface area contributed by atoms with Gasteiger partial charge in [0.1, 0.15) is 0 Å². The van der Waals surface area contributed by atoms with Gasteiger partial charge in [-0.3, -0.25) is 9.59 Å². The Kier molecular flexibility index (Phi) is 4.99. The van der Waals surface area contributed by atoms with Crippen molar-refractivity contribution in [2.75, 3.05) is 13.1 Å². The van der Waals surface area contributed by atoms with Crippen LogP contribution >= 0.6 is 11.3 Å². The van der Waals surface area contributed by atoms with E-state index in [0.717, 1.165) is 17.7 Å². The number of piperidine rings is 1. The zero-order valence-electron chi connectivity index (χ0n) is 12.0. The topological polar surface area (TPSA) is 89.4 Å². The van der Waals surface area contributed by atoms with E-state index in [-0.39, 0.29) is 23.8 Å². The van der Waals surface area contributed by atoms with E-state index in [4.69, 9.17) is 11.5 Å². The number of rotatable bonds is 2. The van der Waals surface area contributed by atoms with Crippen LogP contribution in [0.5, 0.6) is 0 Å². The summed E-state index contributed by atoms with van der Waals surface area (Å²) in [5, 5.41) is 1.80. The van der Waals surface area contributed by atoms with Crippen LogP contribution in [0.4, 0.5) is 0 Å². The van der Waals surface area contributed by atoms with E-state index in [1.54, 1.807) is 16.3 Å². The zero-order chi connectivity index (χ0) is 15.4. The molecule has 0 spiro atoms. The van der Waals surface area contributed by atoms with Crippen LogP contribution in [0.2, 0.25) is 0 Å². The molecule has 0 aliphatic carbocycles. The molecule has 2 heterocycles. The van der Waals surface area contributed by atoms with Crippen molar-refractivity contribution in [1.82, 2.24) is 4.90 Å². The minimum atomic E-state index is -0.334. The van der Waals surface area contributed by atoms with E-state index >= 15 is 0 Å². The predicted octanol–water partition coefficient (Wildman–Crippen LogP) is 0.784. The third-order valence-electron chi connectivity index (χ3n) is 3.71. The number of hydrogen-bond donors (Lipinski definition) is 2. The Morgan fingerprint density at radius 1 is 1.48 bits per heavy atom. The maximum atomic E-state index is 12.6. The molecule has 2 atom stereocenters. The Morgan fingerprint density at radius 2 is 2.24 bits per heavy atom. The summed E-state index contributed by atoms with van der Waals surface area (Å²) >= 11 is 1.42. The second kappa shape index (κ2) is 6.74. The van der Waals surface area contributed by atoms with Gasteiger partial charge in [-0.15, -0.1) is 11.3 Å². The summed E-state index contributed by atoms with van der Waals surface area (Å²) < 4.78 is 0. The summed E-state index contributed by atoms with van der Waals surface area (Å²) in [6, 6.07) is 1.89. The number of nitrogens with zero attached hydrogens (tertiary/aromatic N) is 1. The number of nitrogens with two attached hydrogens (primary N) is 2. The molecule has 1 saturated heterocycles. The molecular formula is C15H19N3O2S. The Balaban J connectivity index is 2.14. The van der Waals surface area contributed by atoms with Crippen LogP contribution in [0.25, 0.3) is 0 Å². The Labute approximate surface area is 128 Å². The lowest BCUT2D eigenvalue weighted by Gasteiger charge is -2.36. The average molecular weight is 305 g/mol. The molecule has 6 heteroatoms. The molecule has 5 nitrogen and oxygen atoms in total. The van der Waals surface area contributed by atoms with E-state index in [1.807, 2.05) is 6.92 Å². The van der Waals surface area contributed by atoms with Crippen molar-refractivity contribution in [3.05, 3.63) is 21.9 Å². The molecule has 2 rings (SSSR count). The third kappa shape index (κ3) is 3.63. The molecule has 0 aromatic carbocycles. The highest BCUT2D eigenvalue weighted by atomic mass is 32.1. The second-order valence-electron chi connectivity index (χ2n) is 5.19. The van der Waals surface area contributed by atoms with Gasteiger partial charge < -0.3 is 16.4 Å². The van der Waals surface area contributed by atoms with Crippen LogP contribution in [-0.4, -0.2) is 35.8 Å². The molecule has 4 N–H and O–H groups in total. The lowest BCUT2D eigenvalue weighted by atomic mass is 9.92. The third-order valence-corrected chi connectivity index (χ3v) is 4.55. The minimum Gasteiger partial charge on any atom is -0.369 e. The van der Waals surface area contributed by atoms with Crippen LogP contribution in [0.15, 0.2) is 11.4 Å². The summed E-state index contributed by atoms with van der Waals surface area (Å²) in [6.45, 7) is 2.69. The molecule has 0 saturated carbocycles. The number of carbonyl (C=O) groups is 2. The average Bonchev–Trinajstić information content (AvgIpc) is 2.93. The molecule has 1 aliphatic heterocycles. The molecule has 2 unspecified atom stereocenters. The van der Waals surface area contributed by atoms with Gasteiger partial charge in [0.15, 0.2) is 0 Å². The molecule has 1 aromatic rings. The van der Waals surface area contributed by atoms with Gasteiger partial charge in [-0.25, -0.2) is 0 Å². The van der Waals surface area contributed by atoms with Gasteiger partial charge in [-0.05, 0) is 25.8 Å². The molecule has 1 aromatic heterocycles. The highest BCUT2D eigenvalue weighted by Gasteiger charge is 2.32. The molecule has 0 radical (unpaired) electrons. The monoisotopic (exact) mass is 305 g/mol. The van der Waals surface area contributed by atoms with E-state index in [9.17, 15) is 9.59 Å². The van der Waals surface area contributed by atoms with Crippen LogP contribution < -0.4 is 11.5 Å². The maximum Gasteiger partial charge on any atom is 0.255 e. The quantitative estimate of drug-likeness (QED) is 0.791. The lowest BCUT2D eigenvalue weighted by Crippen LogP contribution is -2.48. The number of thiophene rings is 1. The minimum absolute atomic E-state index is 0.0644. The van der Waals surface area contributed by atoms with E-state index < -0.39 is 0 Å². The number of carbonyl (C=O) groups excluding carboxylic acids is 2. The first-order valence-electron chi connectivity index (χ1n) is 6.90. The Hall–Kier alpha value is -1.84. The first-order valence-corrected chi connectivity index (χ1v) is 7.78. The lowest BCUT2D eigenvalue weighted by molar-refractivity contribution is -0.123. The number of likely N-dealkylation sites (tertiary alicyclic amines) is 1. The van der Waals surface area contributed by atoms with Crippen LogP contribution in [0, 0.1) is 17.8 Å². The number of primary amides is 1. The van der Waals surface area contributed by atoms with Crippen molar-refractivity contribution in [3.8, 4) is 11.8 Å². The van der Waals surface area contributed by atoms with Gasteiger partial charge in [0, 0.05) is 18.0 Å². The molecule has 2 amide bonds. The first kappa shape index (κ1) is 15.5. The molecule has 21 heavy (non-hydrogen) atoms. The Bertz CT molecular complexity index is 600. The van der Waals surface area contributed by atoms with E-state index in [0.29, 0.717) is 18.7 Å². The van der Waals surface area contributed by atoms with Crippen molar-refractivity contribution in [2.24, 2.45) is 17.4 Å². The fraction of sp³-hybridized carbons (Fsp3) is 0.467. The number of amides is 2. The van der Waals surface area contributed by atoms with Gasteiger partial charge >= 0.3 is 0 Å². The first-order chi connectivity index (χ1) is 10.0.